The third-order valence-corrected chi connectivity index (χ3v) is 6.85. The van der Waals surface area contributed by atoms with E-state index in [1.807, 2.05) is 0 Å². The van der Waals surface area contributed by atoms with Gasteiger partial charge in [-0.3, -0.25) is 0 Å². The van der Waals surface area contributed by atoms with E-state index >= 15 is 0 Å². The van der Waals surface area contributed by atoms with E-state index in [4.69, 9.17) is 18.9 Å². The topological polar surface area (TPSA) is 122 Å². The Kier molecular flexibility index (Phi) is 10.6. The van der Waals surface area contributed by atoms with E-state index in [0.29, 0.717) is 11.3 Å². The summed E-state index contributed by atoms with van der Waals surface area (Å²) in [4.78, 5) is 34.8. The van der Waals surface area contributed by atoms with Gasteiger partial charge in [0, 0.05) is 18.2 Å². The highest BCUT2D eigenvalue weighted by molar-refractivity contribution is 7.91. The number of hydrogen-bond acceptors (Lipinski definition) is 9. The summed E-state index contributed by atoms with van der Waals surface area (Å²) in [5, 5.41) is 0. The van der Waals surface area contributed by atoms with Crippen molar-refractivity contribution in [2.45, 2.75) is 16.7 Å². The number of esters is 3. The lowest BCUT2D eigenvalue weighted by molar-refractivity contribution is -0.138. The second kappa shape index (κ2) is 14.3. The molecule has 0 fully saturated rings. The van der Waals surface area contributed by atoms with Gasteiger partial charge in [0.25, 0.3) is 0 Å². The highest BCUT2D eigenvalue weighted by atomic mass is 32.2. The van der Waals surface area contributed by atoms with Crippen LogP contribution in [0.2, 0.25) is 0 Å². The second-order valence-electron chi connectivity index (χ2n) is 7.91. The zero-order chi connectivity index (χ0) is 29.0. The van der Waals surface area contributed by atoms with Crippen LogP contribution < -0.4 is 14.2 Å². The van der Waals surface area contributed by atoms with Gasteiger partial charge in [0.15, 0.2) is 0 Å². The molecule has 206 valence electrons. The van der Waals surface area contributed by atoms with E-state index in [2.05, 4.69) is 6.58 Å². The Morgan fingerprint density at radius 2 is 1.20 bits per heavy atom. The first-order chi connectivity index (χ1) is 19.2. The molecule has 0 N–H and O–H groups in total. The van der Waals surface area contributed by atoms with E-state index in [1.54, 1.807) is 37.3 Å². The van der Waals surface area contributed by atoms with Crippen molar-refractivity contribution in [1.29, 1.82) is 0 Å². The van der Waals surface area contributed by atoms with Gasteiger partial charge in [-0.2, -0.15) is 0 Å². The average molecular weight is 563 g/mol. The third kappa shape index (κ3) is 8.81. The molecule has 3 rings (SSSR count). The summed E-state index contributed by atoms with van der Waals surface area (Å²) in [5.74, 6) is -0.796. The maximum absolute atomic E-state index is 12.9. The van der Waals surface area contributed by atoms with Crippen LogP contribution in [0.3, 0.4) is 0 Å². The lowest BCUT2D eigenvalue weighted by Gasteiger charge is -2.07. The number of carbonyl (C=O) groups excluding carboxylic acids is 3. The van der Waals surface area contributed by atoms with Crippen LogP contribution in [-0.4, -0.2) is 39.5 Å². The maximum Gasteiger partial charge on any atom is 0.336 e. The number of allylic oxidation sites excluding steroid dienone is 1. The second-order valence-corrected chi connectivity index (χ2v) is 9.86. The molecule has 0 aliphatic carbocycles. The van der Waals surface area contributed by atoms with E-state index in [-0.39, 0.29) is 34.5 Å². The SMILES string of the molecule is C=CC(=O)OCCOc1ccc(/C=C/C(=O)Oc2ccc(S(=O)(=O)c3ccc(OC(=O)/C=C/C)cc3)cc2)cc1. The van der Waals surface area contributed by atoms with Crippen molar-refractivity contribution >= 4 is 33.8 Å². The van der Waals surface area contributed by atoms with Crippen LogP contribution in [0.5, 0.6) is 17.2 Å². The molecule has 9 nitrogen and oxygen atoms in total. The zero-order valence-corrected chi connectivity index (χ0v) is 22.3. The molecule has 0 aliphatic rings. The Labute approximate surface area is 231 Å². The van der Waals surface area contributed by atoms with Gasteiger partial charge in [-0.25, -0.2) is 22.8 Å². The van der Waals surface area contributed by atoms with Gasteiger partial charge < -0.3 is 18.9 Å². The first-order valence-corrected chi connectivity index (χ1v) is 13.4. The first kappa shape index (κ1) is 29.6. The summed E-state index contributed by atoms with van der Waals surface area (Å²) in [6, 6.07) is 17.7. The summed E-state index contributed by atoms with van der Waals surface area (Å²) in [5.41, 5.74) is 0.714. The molecule has 40 heavy (non-hydrogen) atoms. The Hall–Kier alpha value is -4.96. The van der Waals surface area contributed by atoms with Crippen molar-refractivity contribution in [3.63, 3.8) is 0 Å². The Balaban J connectivity index is 1.53. The van der Waals surface area contributed by atoms with Crippen LogP contribution in [0.25, 0.3) is 6.08 Å². The summed E-state index contributed by atoms with van der Waals surface area (Å²) >= 11 is 0. The highest BCUT2D eigenvalue weighted by Crippen LogP contribution is 2.25. The molecule has 10 heteroatoms. The lowest BCUT2D eigenvalue weighted by atomic mass is 10.2. The van der Waals surface area contributed by atoms with Crippen LogP contribution >= 0.6 is 0 Å². The van der Waals surface area contributed by atoms with Gasteiger partial charge in [0.1, 0.15) is 30.5 Å². The standard InChI is InChI=1S/C30H26O9S/c1-3-5-29(32)38-24-11-15-26(16-12-24)40(34,35)27-17-13-25(14-18-27)39-30(33)19-8-22-6-9-23(10-7-22)36-20-21-37-28(31)4-2/h3-19H,2,20-21H2,1H3/b5-3+,19-8+. The van der Waals surface area contributed by atoms with Gasteiger partial charge in [-0.05, 0) is 79.2 Å². The van der Waals surface area contributed by atoms with Gasteiger partial charge >= 0.3 is 17.9 Å². The largest absolute Gasteiger partial charge is 0.490 e. The van der Waals surface area contributed by atoms with Gasteiger partial charge in [-0.1, -0.05) is 24.8 Å². The van der Waals surface area contributed by atoms with Crippen molar-refractivity contribution in [2.75, 3.05) is 13.2 Å². The van der Waals surface area contributed by atoms with Crippen molar-refractivity contribution in [2.24, 2.45) is 0 Å². The van der Waals surface area contributed by atoms with E-state index in [1.165, 1.54) is 66.8 Å². The van der Waals surface area contributed by atoms with Crippen molar-refractivity contribution < 1.29 is 41.7 Å². The molecule has 0 bridgehead atoms. The molecule has 0 radical (unpaired) electrons. The van der Waals surface area contributed by atoms with Crippen molar-refractivity contribution in [1.82, 2.24) is 0 Å². The van der Waals surface area contributed by atoms with Crippen molar-refractivity contribution in [3.8, 4) is 17.2 Å². The summed E-state index contributed by atoms with van der Waals surface area (Å²) in [6.07, 6.45) is 6.64. The van der Waals surface area contributed by atoms with Crippen LogP contribution in [0.1, 0.15) is 12.5 Å². The highest BCUT2D eigenvalue weighted by Gasteiger charge is 2.18. The van der Waals surface area contributed by atoms with Crippen LogP contribution in [0, 0.1) is 0 Å². The lowest BCUT2D eigenvalue weighted by Crippen LogP contribution is -2.10. The fourth-order valence-electron chi connectivity index (χ4n) is 3.15. The minimum absolute atomic E-state index is 0.00248. The van der Waals surface area contributed by atoms with Gasteiger partial charge in [0.05, 0.1) is 9.79 Å². The molecule has 0 amide bonds. The summed E-state index contributed by atoms with van der Waals surface area (Å²) < 4.78 is 46.5. The van der Waals surface area contributed by atoms with Crippen LogP contribution in [-0.2, 0) is 29.0 Å². The summed E-state index contributed by atoms with van der Waals surface area (Å²) in [7, 11) is -3.85. The predicted molar refractivity (Wildman–Crippen MR) is 147 cm³/mol. The normalized spacial score (nSPS) is 11.2. The molecule has 0 saturated carbocycles. The molecule has 3 aromatic carbocycles. The molecule has 0 aliphatic heterocycles. The smallest absolute Gasteiger partial charge is 0.336 e. The number of rotatable bonds is 12. The molecular weight excluding hydrogens is 536 g/mol. The van der Waals surface area contributed by atoms with E-state index < -0.39 is 27.7 Å². The number of sulfone groups is 1. The molecule has 0 saturated heterocycles. The molecule has 0 heterocycles. The van der Waals surface area contributed by atoms with Crippen LogP contribution in [0.4, 0.5) is 0 Å². The molecule has 0 aromatic heterocycles. The molecule has 0 atom stereocenters. The number of benzene rings is 3. The van der Waals surface area contributed by atoms with Crippen LogP contribution in [0.15, 0.2) is 113 Å². The van der Waals surface area contributed by atoms with Gasteiger partial charge in [-0.15, -0.1) is 0 Å². The average Bonchev–Trinajstić information content (AvgIpc) is 2.95. The minimum atomic E-state index is -3.85. The molecule has 0 spiro atoms. The Bertz CT molecular complexity index is 1500. The van der Waals surface area contributed by atoms with E-state index in [9.17, 15) is 22.8 Å². The summed E-state index contributed by atoms with van der Waals surface area (Å²) in [6.45, 7) is 5.26. The first-order valence-electron chi connectivity index (χ1n) is 11.9. The van der Waals surface area contributed by atoms with Crippen molar-refractivity contribution in [3.05, 3.63) is 109 Å². The monoisotopic (exact) mass is 562 g/mol. The Morgan fingerprint density at radius 1 is 0.700 bits per heavy atom. The number of hydrogen-bond donors (Lipinski definition) is 0. The quantitative estimate of drug-likeness (QED) is 0.133. The maximum atomic E-state index is 12.9. The fraction of sp³-hybridized carbons (Fsp3) is 0.100. The molecular formula is C30H26O9S. The van der Waals surface area contributed by atoms with Gasteiger partial charge in [0.2, 0.25) is 9.84 Å². The molecule has 3 aromatic rings. The minimum Gasteiger partial charge on any atom is -0.490 e. The fourth-order valence-corrected chi connectivity index (χ4v) is 4.41. The zero-order valence-electron chi connectivity index (χ0n) is 21.5. The molecule has 0 unspecified atom stereocenters. The third-order valence-electron chi connectivity index (χ3n) is 5.06. The number of carbonyl (C=O) groups is 3. The Morgan fingerprint density at radius 3 is 1.70 bits per heavy atom. The predicted octanol–water partition coefficient (Wildman–Crippen LogP) is 4.73. The number of ether oxygens (including phenoxy) is 4. The van der Waals surface area contributed by atoms with E-state index in [0.717, 1.165) is 6.08 Å².